The Hall–Kier alpha value is -1.43. The largest absolute Gasteiger partial charge is 0.343 e. The lowest BCUT2D eigenvalue weighted by Gasteiger charge is -2.20. The van der Waals surface area contributed by atoms with Crippen molar-refractivity contribution >= 4 is 5.91 Å². The van der Waals surface area contributed by atoms with Gasteiger partial charge in [0.05, 0.1) is 0 Å². The summed E-state index contributed by atoms with van der Waals surface area (Å²) in [6.45, 7) is 8.42. The minimum atomic E-state index is -0.244. The Balaban J connectivity index is 1.60. The standard InChI is InChI=1S/C14H22N4O2/c1-8(2)18-6-9(3)11(7-18)15-13(19)14-16-12(17-20-14)10-4-5-10/h8-11H,4-7H2,1-3H3,(H,15,19)/t9-,11+/m0/s1. The Morgan fingerprint density at radius 2 is 2.15 bits per heavy atom. The Kier molecular flexibility index (Phi) is 3.50. The number of nitrogens with zero attached hydrogens (tertiary/aromatic N) is 3. The fraction of sp³-hybridized carbons (Fsp3) is 0.786. The summed E-state index contributed by atoms with van der Waals surface area (Å²) < 4.78 is 5.06. The van der Waals surface area contributed by atoms with Gasteiger partial charge in [-0.15, -0.1) is 0 Å². The number of carbonyl (C=O) groups excluding carboxylic acids is 1. The highest BCUT2D eigenvalue weighted by Crippen LogP contribution is 2.38. The molecule has 1 saturated carbocycles. The predicted octanol–water partition coefficient (Wildman–Crippen LogP) is 1.41. The van der Waals surface area contributed by atoms with E-state index in [2.05, 4.69) is 41.1 Å². The molecule has 1 aliphatic heterocycles. The van der Waals surface area contributed by atoms with Crippen LogP contribution in [0, 0.1) is 5.92 Å². The van der Waals surface area contributed by atoms with Crippen molar-refractivity contribution in [2.45, 2.75) is 51.6 Å². The van der Waals surface area contributed by atoms with Crippen molar-refractivity contribution in [3.8, 4) is 0 Å². The van der Waals surface area contributed by atoms with Crippen LogP contribution in [0.2, 0.25) is 0 Å². The van der Waals surface area contributed by atoms with Crippen molar-refractivity contribution in [2.75, 3.05) is 13.1 Å². The van der Waals surface area contributed by atoms with E-state index in [9.17, 15) is 4.79 Å². The van der Waals surface area contributed by atoms with Crippen LogP contribution in [0.5, 0.6) is 0 Å². The lowest BCUT2D eigenvalue weighted by molar-refractivity contribution is 0.0886. The molecule has 2 atom stereocenters. The number of amides is 1. The molecular formula is C14H22N4O2. The van der Waals surface area contributed by atoms with Gasteiger partial charge >= 0.3 is 11.8 Å². The lowest BCUT2D eigenvalue weighted by atomic mass is 10.1. The highest BCUT2D eigenvalue weighted by Gasteiger charge is 2.34. The van der Waals surface area contributed by atoms with Gasteiger partial charge in [0.2, 0.25) is 0 Å². The molecule has 0 unspecified atom stereocenters. The first-order chi connectivity index (χ1) is 9.54. The Labute approximate surface area is 118 Å². The highest BCUT2D eigenvalue weighted by molar-refractivity contribution is 5.89. The fourth-order valence-electron chi connectivity index (χ4n) is 2.68. The van der Waals surface area contributed by atoms with Gasteiger partial charge in [0.25, 0.3) is 0 Å². The number of hydrogen-bond acceptors (Lipinski definition) is 5. The molecule has 6 heteroatoms. The summed E-state index contributed by atoms with van der Waals surface area (Å²) in [5, 5.41) is 6.90. The molecule has 2 aliphatic rings. The topological polar surface area (TPSA) is 71.3 Å². The molecular weight excluding hydrogens is 256 g/mol. The molecule has 2 heterocycles. The van der Waals surface area contributed by atoms with Crippen LogP contribution in [0.1, 0.15) is 56.0 Å². The second-order valence-electron chi connectivity index (χ2n) is 6.34. The smallest absolute Gasteiger partial charge is 0.315 e. The number of rotatable bonds is 4. The molecule has 3 rings (SSSR count). The predicted molar refractivity (Wildman–Crippen MR) is 73.4 cm³/mol. The molecule has 1 aliphatic carbocycles. The highest BCUT2D eigenvalue weighted by atomic mass is 16.5. The second-order valence-corrected chi connectivity index (χ2v) is 6.34. The van der Waals surface area contributed by atoms with E-state index in [1.54, 1.807) is 0 Å². The van der Waals surface area contributed by atoms with Gasteiger partial charge in [-0.05, 0) is 32.6 Å². The minimum absolute atomic E-state index is 0.0992. The molecule has 1 N–H and O–H groups in total. The van der Waals surface area contributed by atoms with E-state index in [0.717, 1.165) is 25.9 Å². The van der Waals surface area contributed by atoms with Crippen molar-refractivity contribution in [3.63, 3.8) is 0 Å². The third kappa shape index (κ3) is 2.70. The van der Waals surface area contributed by atoms with Gasteiger partial charge in [-0.25, -0.2) is 0 Å². The molecule has 2 fully saturated rings. The van der Waals surface area contributed by atoms with Crippen molar-refractivity contribution < 1.29 is 9.32 Å². The summed E-state index contributed by atoms with van der Waals surface area (Å²) in [5.41, 5.74) is 0. The zero-order chi connectivity index (χ0) is 14.3. The third-order valence-electron chi connectivity index (χ3n) is 4.27. The van der Waals surface area contributed by atoms with Crippen LogP contribution in [0.25, 0.3) is 0 Å². The summed E-state index contributed by atoms with van der Waals surface area (Å²) in [4.78, 5) is 18.7. The third-order valence-corrected chi connectivity index (χ3v) is 4.27. The molecule has 1 aromatic heterocycles. The number of nitrogens with one attached hydrogen (secondary N) is 1. The Bertz CT molecular complexity index is 495. The van der Waals surface area contributed by atoms with Crippen molar-refractivity contribution in [1.29, 1.82) is 0 Å². The van der Waals surface area contributed by atoms with Crippen LogP contribution >= 0.6 is 0 Å². The van der Waals surface area contributed by atoms with Gasteiger partial charge in [0.15, 0.2) is 5.82 Å². The van der Waals surface area contributed by atoms with Crippen LogP contribution in [0.15, 0.2) is 4.52 Å². The first-order valence-corrected chi connectivity index (χ1v) is 7.43. The van der Waals surface area contributed by atoms with Gasteiger partial charge in [-0.1, -0.05) is 12.1 Å². The second kappa shape index (κ2) is 5.16. The Morgan fingerprint density at radius 1 is 1.40 bits per heavy atom. The van der Waals surface area contributed by atoms with E-state index in [1.165, 1.54) is 0 Å². The SMILES string of the molecule is CC(C)N1C[C@H](C)[C@H](NC(=O)c2nc(C3CC3)no2)C1. The van der Waals surface area contributed by atoms with E-state index in [4.69, 9.17) is 4.52 Å². The first kappa shape index (κ1) is 13.5. The normalized spacial score (nSPS) is 27.2. The van der Waals surface area contributed by atoms with Gasteiger partial charge in [0, 0.05) is 31.1 Å². The van der Waals surface area contributed by atoms with E-state index in [-0.39, 0.29) is 17.8 Å². The Morgan fingerprint density at radius 3 is 2.75 bits per heavy atom. The van der Waals surface area contributed by atoms with Crippen molar-refractivity contribution in [1.82, 2.24) is 20.4 Å². The molecule has 1 aromatic rings. The lowest BCUT2D eigenvalue weighted by Crippen LogP contribution is -2.40. The molecule has 0 aromatic carbocycles. The maximum atomic E-state index is 12.2. The maximum absolute atomic E-state index is 12.2. The van der Waals surface area contributed by atoms with Gasteiger partial charge in [0.1, 0.15) is 0 Å². The molecule has 6 nitrogen and oxygen atoms in total. The van der Waals surface area contributed by atoms with Crippen LogP contribution < -0.4 is 5.32 Å². The minimum Gasteiger partial charge on any atom is -0.343 e. The number of likely N-dealkylation sites (tertiary alicyclic amines) is 1. The summed E-state index contributed by atoms with van der Waals surface area (Å²) in [6, 6.07) is 0.658. The fourth-order valence-corrected chi connectivity index (χ4v) is 2.68. The average molecular weight is 278 g/mol. The monoisotopic (exact) mass is 278 g/mol. The summed E-state index contributed by atoms with van der Waals surface area (Å²) in [5.74, 6) is 1.38. The van der Waals surface area contributed by atoms with E-state index >= 15 is 0 Å². The maximum Gasteiger partial charge on any atom is 0.315 e. The van der Waals surface area contributed by atoms with E-state index in [0.29, 0.717) is 23.7 Å². The molecule has 110 valence electrons. The summed E-state index contributed by atoms with van der Waals surface area (Å²) >= 11 is 0. The van der Waals surface area contributed by atoms with Gasteiger partial charge < -0.3 is 9.84 Å². The summed E-state index contributed by atoms with van der Waals surface area (Å²) in [6.07, 6.45) is 2.20. The van der Waals surface area contributed by atoms with Crippen LogP contribution in [0.3, 0.4) is 0 Å². The van der Waals surface area contributed by atoms with Gasteiger partial charge in [-0.3, -0.25) is 9.69 Å². The van der Waals surface area contributed by atoms with Gasteiger partial charge in [-0.2, -0.15) is 4.98 Å². The van der Waals surface area contributed by atoms with E-state index in [1.807, 2.05) is 0 Å². The zero-order valence-corrected chi connectivity index (χ0v) is 12.3. The van der Waals surface area contributed by atoms with E-state index < -0.39 is 0 Å². The zero-order valence-electron chi connectivity index (χ0n) is 12.3. The molecule has 0 radical (unpaired) electrons. The van der Waals surface area contributed by atoms with Crippen molar-refractivity contribution in [3.05, 3.63) is 11.7 Å². The number of hydrogen-bond donors (Lipinski definition) is 1. The molecule has 1 saturated heterocycles. The van der Waals surface area contributed by atoms with Crippen LogP contribution in [-0.4, -0.2) is 46.1 Å². The first-order valence-electron chi connectivity index (χ1n) is 7.43. The number of carbonyl (C=O) groups is 1. The molecule has 1 amide bonds. The molecule has 20 heavy (non-hydrogen) atoms. The van der Waals surface area contributed by atoms with Crippen LogP contribution in [0.4, 0.5) is 0 Å². The molecule has 0 bridgehead atoms. The summed E-state index contributed by atoms with van der Waals surface area (Å²) in [7, 11) is 0. The van der Waals surface area contributed by atoms with Crippen LogP contribution in [-0.2, 0) is 0 Å². The number of aromatic nitrogens is 2. The quantitative estimate of drug-likeness (QED) is 0.901. The average Bonchev–Trinajstić information content (AvgIpc) is 3.01. The molecule has 0 spiro atoms. The van der Waals surface area contributed by atoms with Crippen molar-refractivity contribution in [2.24, 2.45) is 5.92 Å².